The number of halogens is 2. The van der Waals surface area contributed by atoms with Crippen LogP contribution in [-0.4, -0.2) is 26.0 Å². The Balaban J connectivity index is 3.19. The van der Waals surface area contributed by atoms with Crippen molar-refractivity contribution < 1.29 is 22.7 Å². The Morgan fingerprint density at radius 1 is 1.45 bits per heavy atom. The fraction of sp³-hybridized carbons (Fsp3) is 0.250. The van der Waals surface area contributed by atoms with Crippen molar-refractivity contribution in [1.82, 2.24) is 4.72 Å². The van der Waals surface area contributed by atoms with Crippen molar-refractivity contribution in [3.05, 3.63) is 40.2 Å². The van der Waals surface area contributed by atoms with Crippen LogP contribution in [-0.2, 0) is 10.0 Å². The Bertz CT molecular complexity index is 666. The highest BCUT2D eigenvalue weighted by Crippen LogP contribution is 2.24. The van der Waals surface area contributed by atoms with Crippen LogP contribution in [0.25, 0.3) is 0 Å². The van der Waals surface area contributed by atoms with Crippen LogP contribution >= 0.6 is 11.6 Å². The first-order valence-electron chi connectivity index (χ1n) is 5.50. The van der Waals surface area contributed by atoms with Crippen LogP contribution in [0.15, 0.2) is 28.7 Å². The van der Waals surface area contributed by atoms with Gasteiger partial charge in [-0.15, -0.1) is 0 Å². The SMILES string of the molecule is CC(C)=CCNS(=O)(=O)c1cc(F)c(Cl)c(C(=O)O)c1. The Morgan fingerprint density at radius 2 is 2.05 bits per heavy atom. The third-order valence-electron chi connectivity index (χ3n) is 2.33. The lowest BCUT2D eigenvalue weighted by atomic mass is 10.2. The zero-order valence-corrected chi connectivity index (χ0v) is 12.3. The molecule has 0 saturated heterocycles. The molecule has 1 rings (SSSR count). The second-order valence-corrected chi connectivity index (χ2v) is 6.35. The fourth-order valence-corrected chi connectivity index (χ4v) is 2.50. The molecule has 1 aromatic rings. The summed E-state index contributed by atoms with van der Waals surface area (Å²) in [4.78, 5) is 10.4. The van der Waals surface area contributed by atoms with Gasteiger partial charge in [0.15, 0.2) is 0 Å². The Hall–Kier alpha value is -1.44. The first kappa shape index (κ1) is 16.6. The molecule has 0 radical (unpaired) electrons. The molecule has 0 amide bonds. The molecule has 0 bridgehead atoms. The maximum atomic E-state index is 13.5. The summed E-state index contributed by atoms with van der Waals surface area (Å²) in [6.07, 6.45) is 1.63. The Morgan fingerprint density at radius 3 is 2.55 bits per heavy atom. The van der Waals surface area contributed by atoms with Gasteiger partial charge in [-0.05, 0) is 26.0 Å². The zero-order chi connectivity index (χ0) is 15.5. The average molecular weight is 322 g/mol. The van der Waals surface area contributed by atoms with Crippen LogP contribution in [0.3, 0.4) is 0 Å². The van der Waals surface area contributed by atoms with Crippen LogP contribution in [0.2, 0.25) is 5.02 Å². The minimum absolute atomic E-state index is 0.0251. The van der Waals surface area contributed by atoms with Gasteiger partial charge in [-0.25, -0.2) is 22.3 Å². The normalized spacial score (nSPS) is 11.2. The van der Waals surface area contributed by atoms with Gasteiger partial charge in [0.1, 0.15) is 5.82 Å². The molecule has 110 valence electrons. The van der Waals surface area contributed by atoms with Gasteiger partial charge in [0, 0.05) is 6.54 Å². The van der Waals surface area contributed by atoms with Gasteiger partial charge in [0.2, 0.25) is 10.0 Å². The Labute approximate surface area is 121 Å². The number of rotatable bonds is 5. The largest absolute Gasteiger partial charge is 0.478 e. The zero-order valence-electron chi connectivity index (χ0n) is 10.8. The fourth-order valence-electron chi connectivity index (χ4n) is 1.31. The number of carbonyl (C=O) groups is 1. The molecule has 0 heterocycles. The van der Waals surface area contributed by atoms with Crippen LogP contribution in [0.5, 0.6) is 0 Å². The minimum Gasteiger partial charge on any atom is -0.478 e. The molecule has 0 unspecified atom stereocenters. The smallest absolute Gasteiger partial charge is 0.337 e. The first-order valence-corrected chi connectivity index (χ1v) is 7.36. The summed E-state index contributed by atoms with van der Waals surface area (Å²) in [6.45, 7) is 3.61. The molecule has 0 spiro atoms. The molecule has 2 N–H and O–H groups in total. The van der Waals surface area contributed by atoms with Crippen molar-refractivity contribution in [3.63, 3.8) is 0 Å². The van der Waals surface area contributed by atoms with E-state index in [2.05, 4.69) is 4.72 Å². The maximum Gasteiger partial charge on any atom is 0.337 e. The van der Waals surface area contributed by atoms with Gasteiger partial charge in [0.05, 0.1) is 15.5 Å². The molecule has 8 heteroatoms. The third kappa shape index (κ3) is 4.03. The predicted octanol–water partition coefficient (Wildman–Crippen LogP) is 2.42. The van der Waals surface area contributed by atoms with Gasteiger partial charge in [0.25, 0.3) is 0 Å². The molecule has 0 atom stereocenters. The molecule has 20 heavy (non-hydrogen) atoms. The minimum atomic E-state index is -4.01. The average Bonchev–Trinajstić information content (AvgIpc) is 2.31. The molecular formula is C12H13ClFNO4S. The van der Waals surface area contributed by atoms with Gasteiger partial charge in [-0.3, -0.25) is 0 Å². The van der Waals surface area contributed by atoms with Crippen LogP contribution < -0.4 is 4.72 Å². The molecule has 0 aliphatic heterocycles. The summed E-state index contributed by atoms with van der Waals surface area (Å²) >= 11 is 5.48. The van der Waals surface area contributed by atoms with Crippen molar-refractivity contribution >= 4 is 27.6 Å². The second kappa shape index (κ2) is 6.34. The molecule has 0 aliphatic rings. The van der Waals surface area contributed by atoms with E-state index < -0.39 is 37.3 Å². The maximum absolute atomic E-state index is 13.5. The van der Waals surface area contributed by atoms with Crippen LogP contribution in [0.1, 0.15) is 24.2 Å². The van der Waals surface area contributed by atoms with E-state index in [1.807, 2.05) is 0 Å². The summed E-state index contributed by atoms with van der Waals surface area (Å²) in [5.74, 6) is -2.61. The van der Waals surface area contributed by atoms with E-state index in [-0.39, 0.29) is 6.54 Å². The van der Waals surface area contributed by atoms with E-state index in [9.17, 15) is 17.6 Å². The number of carboxylic acid groups (broad SMARTS) is 1. The van der Waals surface area contributed by atoms with E-state index >= 15 is 0 Å². The summed E-state index contributed by atoms with van der Waals surface area (Å²) in [6, 6.07) is 1.50. The van der Waals surface area contributed by atoms with Crippen LogP contribution in [0, 0.1) is 5.82 Å². The first-order chi connectivity index (χ1) is 9.15. The molecule has 0 fully saturated rings. The molecule has 1 aromatic carbocycles. The number of nitrogens with one attached hydrogen (secondary N) is 1. The second-order valence-electron chi connectivity index (χ2n) is 4.21. The summed E-state index contributed by atoms with van der Waals surface area (Å²) in [5.41, 5.74) is 0.301. The van der Waals surface area contributed by atoms with Crippen molar-refractivity contribution in [2.75, 3.05) is 6.54 Å². The molecular weight excluding hydrogens is 309 g/mol. The number of carboxylic acids is 1. The summed E-state index contributed by atoms with van der Waals surface area (Å²) in [5, 5.41) is 8.23. The highest BCUT2D eigenvalue weighted by atomic mass is 35.5. The molecule has 0 saturated carbocycles. The number of allylic oxidation sites excluding steroid dienone is 1. The number of hydrogen-bond donors (Lipinski definition) is 2. The molecule has 0 aliphatic carbocycles. The van der Waals surface area contributed by atoms with E-state index in [1.165, 1.54) is 0 Å². The van der Waals surface area contributed by atoms with Crippen molar-refractivity contribution in [2.24, 2.45) is 0 Å². The van der Waals surface area contributed by atoms with Crippen molar-refractivity contribution in [3.8, 4) is 0 Å². The van der Waals surface area contributed by atoms with Gasteiger partial charge >= 0.3 is 5.97 Å². The van der Waals surface area contributed by atoms with E-state index in [1.54, 1.807) is 19.9 Å². The number of sulfonamides is 1. The topological polar surface area (TPSA) is 83.5 Å². The van der Waals surface area contributed by atoms with Gasteiger partial charge < -0.3 is 5.11 Å². The lowest BCUT2D eigenvalue weighted by molar-refractivity contribution is 0.0696. The Kier molecular flexibility index (Phi) is 5.27. The van der Waals surface area contributed by atoms with Crippen LogP contribution in [0.4, 0.5) is 4.39 Å². The predicted molar refractivity (Wildman–Crippen MR) is 73.0 cm³/mol. The quantitative estimate of drug-likeness (QED) is 0.816. The van der Waals surface area contributed by atoms with Crippen molar-refractivity contribution in [2.45, 2.75) is 18.7 Å². The summed E-state index contributed by atoms with van der Waals surface area (Å²) < 4.78 is 39.5. The van der Waals surface area contributed by atoms with E-state index in [0.29, 0.717) is 6.07 Å². The highest BCUT2D eigenvalue weighted by Gasteiger charge is 2.21. The molecule has 0 aromatic heterocycles. The number of hydrogen-bond acceptors (Lipinski definition) is 3. The van der Waals surface area contributed by atoms with E-state index in [4.69, 9.17) is 16.7 Å². The van der Waals surface area contributed by atoms with Gasteiger partial charge in [-0.2, -0.15) is 0 Å². The van der Waals surface area contributed by atoms with E-state index in [0.717, 1.165) is 11.6 Å². The lowest BCUT2D eigenvalue weighted by Crippen LogP contribution is -2.24. The summed E-state index contributed by atoms with van der Waals surface area (Å²) in [7, 11) is -4.01. The molecule has 5 nitrogen and oxygen atoms in total. The lowest BCUT2D eigenvalue weighted by Gasteiger charge is -2.08. The third-order valence-corrected chi connectivity index (χ3v) is 4.11. The standard InChI is InChI=1S/C12H13ClFNO4S/c1-7(2)3-4-15-20(18,19)8-5-9(12(16)17)11(13)10(14)6-8/h3,5-6,15H,4H2,1-2H3,(H,16,17). The number of benzene rings is 1. The highest BCUT2D eigenvalue weighted by molar-refractivity contribution is 7.89. The van der Waals surface area contributed by atoms with Crippen molar-refractivity contribution in [1.29, 1.82) is 0 Å². The number of aromatic carboxylic acids is 1. The monoisotopic (exact) mass is 321 g/mol. The van der Waals surface area contributed by atoms with Gasteiger partial charge in [-0.1, -0.05) is 23.3 Å².